The Morgan fingerprint density at radius 3 is 2.44 bits per heavy atom. The SMILES string of the molecule is CCN(CC)S(=O)(=O)c1cc(C(=O)Nc2cc(Cl)ccc2Cl)n(C)c1. The summed E-state index contributed by atoms with van der Waals surface area (Å²) in [5.74, 6) is -0.479. The Labute approximate surface area is 157 Å². The van der Waals surface area contributed by atoms with Gasteiger partial charge in [0.25, 0.3) is 5.91 Å². The third-order valence-electron chi connectivity index (χ3n) is 3.73. The predicted octanol–water partition coefficient (Wildman–Crippen LogP) is 3.61. The van der Waals surface area contributed by atoms with E-state index in [0.29, 0.717) is 28.8 Å². The molecule has 25 heavy (non-hydrogen) atoms. The van der Waals surface area contributed by atoms with E-state index in [0.717, 1.165) is 0 Å². The molecule has 136 valence electrons. The molecule has 0 spiro atoms. The van der Waals surface area contributed by atoms with Crippen molar-refractivity contribution >= 4 is 44.8 Å². The smallest absolute Gasteiger partial charge is 0.272 e. The Morgan fingerprint density at radius 1 is 1.20 bits per heavy atom. The number of nitrogens with zero attached hydrogens (tertiary/aromatic N) is 2. The van der Waals surface area contributed by atoms with Crippen LogP contribution in [0.1, 0.15) is 24.3 Å². The molecule has 0 aliphatic heterocycles. The molecule has 0 atom stereocenters. The predicted molar refractivity (Wildman–Crippen MR) is 99.9 cm³/mol. The van der Waals surface area contributed by atoms with E-state index < -0.39 is 15.9 Å². The highest BCUT2D eigenvalue weighted by Gasteiger charge is 2.25. The zero-order chi connectivity index (χ0) is 18.8. The first-order valence-corrected chi connectivity index (χ1v) is 9.83. The van der Waals surface area contributed by atoms with Gasteiger partial charge in [0.05, 0.1) is 10.7 Å². The number of hydrogen-bond donors (Lipinski definition) is 1. The number of aryl methyl sites for hydroxylation is 1. The van der Waals surface area contributed by atoms with Crippen LogP contribution in [-0.4, -0.2) is 36.3 Å². The lowest BCUT2D eigenvalue weighted by molar-refractivity contribution is 0.101. The zero-order valence-corrected chi connectivity index (χ0v) is 16.4. The van der Waals surface area contributed by atoms with Crippen LogP contribution >= 0.6 is 23.2 Å². The lowest BCUT2D eigenvalue weighted by atomic mass is 10.3. The quantitative estimate of drug-likeness (QED) is 0.800. The molecule has 0 aliphatic carbocycles. The zero-order valence-electron chi connectivity index (χ0n) is 14.1. The van der Waals surface area contributed by atoms with Gasteiger partial charge in [-0.05, 0) is 24.3 Å². The van der Waals surface area contributed by atoms with E-state index >= 15 is 0 Å². The van der Waals surface area contributed by atoms with Crippen molar-refractivity contribution in [2.45, 2.75) is 18.7 Å². The largest absolute Gasteiger partial charge is 0.345 e. The Kier molecular flexibility index (Phi) is 6.16. The molecule has 0 saturated carbocycles. The molecule has 1 N–H and O–H groups in total. The molecule has 1 heterocycles. The normalized spacial score (nSPS) is 11.8. The van der Waals surface area contributed by atoms with E-state index in [4.69, 9.17) is 23.2 Å². The Hall–Kier alpha value is -1.54. The van der Waals surface area contributed by atoms with Gasteiger partial charge in [-0.15, -0.1) is 0 Å². The number of nitrogens with one attached hydrogen (secondary N) is 1. The fourth-order valence-electron chi connectivity index (χ4n) is 2.39. The first-order chi connectivity index (χ1) is 11.7. The molecular formula is C16H19Cl2N3O3S. The van der Waals surface area contributed by atoms with E-state index in [1.165, 1.54) is 27.2 Å². The van der Waals surface area contributed by atoms with Crippen LogP contribution in [0.25, 0.3) is 0 Å². The summed E-state index contributed by atoms with van der Waals surface area (Å²) in [5.41, 5.74) is 0.551. The van der Waals surface area contributed by atoms with E-state index in [2.05, 4.69) is 5.32 Å². The van der Waals surface area contributed by atoms with Crippen LogP contribution in [0.5, 0.6) is 0 Å². The minimum Gasteiger partial charge on any atom is -0.345 e. The second kappa shape index (κ2) is 7.78. The average molecular weight is 404 g/mol. The van der Waals surface area contributed by atoms with Gasteiger partial charge in [-0.2, -0.15) is 4.31 Å². The lowest BCUT2D eigenvalue weighted by Crippen LogP contribution is -2.30. The molecule has 0 radical (unpaired) electrons. The van der Waals surface area contributed by atoms with Crippen LogP contribution in [0, 0.1) is 0 Å². The summed E-state index contributed by atoms with van der Waals surface area (Å²) in [4.78, 5) is 12.6. The third kappa shape index (κ3) is 4.17. The van der Waals surface area contributed by atoms with Gasteiger partial charge in [0, 0.05) is 31.4 Å². The highest BCUT2D eigenvalue weighted by atomic mass is 35.5. The van der Waals surface area contributed by atoms with Gasteiger partial charge in [-0.1, -0.05) is 37.0 Å². The summed E-state index contributed by atoms with van der Waals surface area (Å²) < 4.78 is 28.0. The van der Waals surface area contributed by atoms with Crippen LogP contribution in [0.3, 0.4) is 0 Å². The van der Waals surface area contributed by atoms with Gasteiger partial charge < -0.3 is 9.88 Å². The number of anilines is 1. The van der Waals surface area contributed by atoms with Gasteiger partial charge in [-0.3, -0.25) is 4.79 Å². The summed E-state index contributed by atoms with van der Waals surface area (Å²) in [6.45, 7) is 4.23. The first kappa shape index (κ1) is 19.8. The summed E-state index contributed by atoms with van der Waals surface area (Å²) in [5, 5.41) is 3.41. The highest BCUT2D eigenvalue weighted by molar-refractivity contribution is 7.89. The molecule has 0 unspecified atom stereocenters. The van der Waals surface area contributed by atoms with Crippen LogP contribution in [-0.2, 0) is 17.1 Å². The van der Waals surface area contributed by atoms with E-state index in [9.17, 15) is 13.2 Å². The van der Waals surface area contributed by atoms with E-state index in [1.54, 1.807) is 33.0 Å². The third-order valence-corrected chi connectivity index (χ3v) is 6.31. The van der Waals surface area contributed by atoms with Crippen molar-refractivity contribution in [3.8, 4) is 0 Å². The minimum atomic E-state index is -3.64. The molecule has 2 aromatic rings. The molecule has 0 saturated heterocycles. The number of amides is 1. The monoisotopic (exact) mass is 403 g/mol. The topological polar surface area (TPSA) is 71.4 Å². The molecule has 2 rings (SSSR count). The van der Waals surface area contributed by atoms with Gasteiger partial charge in [0.15, 0.2) is 0 Å². The van der Waals surface area contributed by atoms with Crippen molar-refractivity contribution in [3.63, 3.8) is 0 Å². The minimum absolute atomic E-state index is 0.0704. The maximum absolute atomic E-state index is 12.6. The van der Waals surface area contributed by atoms with Crippen molar-refractivity contribution < 1.29 is 13.2 Å². The van der Waals surface area contributed by atoms with Crippen molar-refractivity contribution in [2.75, 3.05) is 18.4 Å². The Morgan fingerprint density at radius 2 is 1.84 bits per heavy atom. The number of hydrogen-bond acceptors (Lipinski definition) is 3. The van der Waals surface area contributed by atoms with Crippen LogP contribution in [0.4, 0.5) is 5.69 Å². The summed E-state index contributed by atoms with van der Waals surface area (Å²) in [7, 11) is -2.03. The molecule has 0 fully saturated rings. The van der Waals surface area contributed by atoms with E-state index in [-0.39, 0.29) is 10.6 Å². The second-order valence-electron chi connectivity index (χ2n) is 5.34. The average Bonchev–Trinajstić information content (AvgIpc) is 2.94. The van der Waals surface area contributed by atoms with Gasteiger partial charge in [0.1, 0.15) is 10.6 Å². The molecule has 0 bridgehead atoms. The number of sulfonamides is 1. The fraction of sp³-hybridized carbons (Fsp3) is 0.312. The number of rotatable bonds is 6. The highest BCUT2D eigenvalue weighted by Crippen LogP contribution is 2.26. The Balaban J connectivity index is 2.34. The maximum Gasteiger partial charge on any atom is 0.272 e. The molecule has 1 aromatic carbocycles. The Bertz CT molecular complexity index is 890. The van der Waals surface area contributed by atoms with E-state index in [1.807, 2.05) is 0 Å². The van der Waals surface area contributed by atoms with Crippen molar-refractivity contribution in [1.29, 1.82) is 0 Å². The van der Waals surface area contributed by atoms with Crippen LogP contribution in [0.15, 0.2) is 35.4 Å². The van der Waals surface area contributed by atoms with Gasteiger partial charge in [0.2, 0.25) is 10.0 Å². The van der Waals surface area contributed by atoms with Gasteiger partial charge >= 0.3 is 0 Å². The lowest BCUT2D eigenvalue weighted by Gasteiger charge is -2.17. The molecule has 1 aromatic heterocycles. The van der Waals surface area contributed by atoms with Crippen LogP contribution in [0.2, 0.25) is 10.0 Å². The van der Waals surface area contributed by atoms with Crippen LogP contribution < -0.4 is 5.32 Å². The summed E-state index contributed by atoms with van der Waals surface area (Å²) >= 11 is 12.0. The molecule has 6 nitrogen and oxygen atoms in total. The number of benzene rings is 1. The second-order valence-corrected chi connectivity index (χ2v) is 8.12. The number of halogens is 2. The molecular weight excluding hydrogens is 385 g/mol. The molecule has 9 heteroatoms. The first-order valence-electron chi connectivity index (χ1n) is 7.63. The number of carbonyl (C=O) groups is 1. The molecule has 0 aliphatic rings. The number of aromatic nitrogens is 1. The van der Waals surface area contributed by atoms with Crippen molar-refractivity contribution in [3.05, 3.63) is 46.2 Å². The van der Waals surface area contributed by atoms with Crippen molar-refractivity contribution in [2.24, 2.45) is 7.05 Å². The summed E-state index contributed by atoms with van der Waals surface area (Å²) in [6, 6.07) is 6.05. The maximum atomic E-state index is 12.6. The molecule has 1 amide bonds. The fourth-order valence-corrected chi connectivity index (χ4v) is 4.26. The summed E-state index contributed by atoms with van der Waals surface area (Å²) in [6.07, 6.45) is 1.42. The number of carbonyl (C=O) groups excluding carboxylic acids is 1. The van der Waals surface area contributed by atoms with Gasteiger partial charge in [-0.25, -0.2) is 8.42 Å². The van der Waals surface area contributed by atoms with Crippen molar-refractivity contribution in [1.82, 2.24) is 8.87 Å². The standard InChI is InChI=1S/C16H19Cl2N3O3S/c1-4-21(5-2)25(23,24)12-9-15(20(3)10-12)16(22)19-14-8-11(17)6-7-13(14)18/h6-10H,4-5H2,1-3H3,(H,19,22).